The lowest BCUT2D eigenvalue weighted by molar-refractivity contribution is 0.0904. The third kappa shape index (κ3) is 4.28. The van der Waals surface area contributed by atoms with Gasteiger partial charge < -0.3 is 15.0 Å². The summed E-state index contributed by atoms with van der Waals surface area (Å²) in [5.74, 6) is 0.275. The van der Waals surface area contributed by atoms with Gasteiger partial charge in [0.15, 0.2) is 0 Å². The van der Waals surface area contributed by atoms with Crippen LogP contribution < -0.4 is 5.32 Å². The fraction of sp³-hybridized carbons (Fsp3) is 0.375. The minimum Gasteiger partial charge on any atom is -0.382 e. The smallest absolute Gasteiger partial charge is 0.0921 e. The molecule has 1 saturated heterocycles. The van der Waals surface area contributed by atoms with Gasteiger partial charge in [0.2, 0.25) is 0 Å². The Bertz CT molecular complexity index is 881. The van der Waals surface area contributed by atoms with Crippen molar-refractivity contribution in [2.45, 2.75) is 45.1 Å². The molecule has 2 N–H and O–H groups in total. The first kappa shape index (κ1) is 18.8. The highest BCUT2D eigenvalue weighted by Crippen LogP contribution is 2.31. The zero-order chi connectivity index (χ0) is 19.3. The summed E-state index contributed by atoms with van der Waals surface area (Å²) in [4.78, 5) is 7.60. The molecule has 1 unspecified atom stereocenters. The van der Waals surface area contributed by atoms with Gasteiger partial charge in [0.1, 0.15) is 0 Å². The maximum absolute atomic E-state index is 5.45. The number of imidazole rings is 1. The second kappa shape index (κ2) is 8.61. The Labute approximate surface area is 167 Å². The van der Waals surface area contributed by atoms with Crippen molar-refractivity contribution in [1.82, 2.24) is 9.97 Å². The number of rotatable bonds is 6. The molecule has 1 aliphatic heterocycles. The van der Waals surface area contributed by atoms with Crippen LogP contribution in [-0.2, 0) is 11.2 Å². The van der Waals surface area contributed by atoms with E-state index in [4.69, 9.17) is 4.74 Å². The first-order valence-corrected chi connectivity index (χ1v) is 10.2. The van der Waals surface area contributed by atoms with E-state index in [2.05, 4.69) is 71.6 Å². The van der Waals surface area contributed by atoms with Crippen LogP contribution in [0.4, 0.5) is 5.69 Å². The molecule has 1 atom stereocenters. The maximum Gasteiger partial charge on any atom is 0.0921 e. The molecule has 4 nitrogen and oxygen atoms in total. The van der Waals surface area contributed by atoms with Crippen molar-refractivity contribution in [3.8, 4) is 0 Å². The number of hydrogen-bond donors (Lipinski definition) is 2. The number of nitrogens with one attached hydrogen (secondary N) is 2. The van der Waals surface area contributed by atoms with Crippen LogP contribution in [0.3, 0.4) is 0 Å². The molecule has 0 radical (unpaired) electrons. The number of anilines is 1. The van der Waals surface area contributed by atoms with Gasteiger partial charge in [-0.05, 0) is 67.5 Å². The van der Waals surface area contributed by atoms with Crippen molar-refractivity contribution in [2.24, 2.45) is 0 Å². The minimum absolute atomic E-state index is 0.275. The maximum atomic E-state index is 5.45. The van der Waals surface area contributed by atoms with Crippen LogP contribution in [-0.4, -0.2) is 29.2 Å². The third-order valence-electron chi connectivity index (χ3n) is 5.90. The number of ether oxygens (including phenoxy) is 1. The summed E-state index contributed by atoms with van der Waals surface area (Å²) in [5.41, 5.74) is 7.75. The topological polar surface area (TPSA) is 49.9 Å². The van der Waals surface area contributed by atoms with Gasteiger partial charge in [-0.3, -0.25) is 0 Å². The highest BCUT2D eigenvalue weighted by Gasteiger charge is 2.19. The summed E-state index contributed by atoms with van der Waals surface area (Å²) in [6.45, 7) is 6.11. The molecule has 4 heteroatoms. The third-order valence-corrected chi connectivity index (χ3v) is 5.90. The molecule has 0 saturated carbocycles. The van der Waals surface area contributed by atoms with Gasteiger partial charge in [0.05, 0.1) is 6.33 Å². The van der Waals surface area contributed by atoms with E-state index >= 15 is 0 Å². The molecule has 0 bridgehead atoms. The van der Waals surface area contributed by atoms with Gasteiger partial charge in [-0.15, -0.1) is 0 Å². The fourth-order valence-corrected chi connectivity index (χ4v) is 4.05. The highest BCUT2D eigenvalue weighted by atomic mass is 16.5. The summed E-state index contributed by atoms with van der Waals surface area (Å²) in [5, 5.41) is 3.64. The van der Waals surface area contributed by atoms with Crippen molar-refractivity contribution in [1.29, 1.82) is 0 Å². The van der Waals surface area contributed by atoms with E-state index in [-0.39, 0.29) is 5.92 Å². The van der Waals surface area contributed by atoms with Crippen molar-refractivity contribution in [3.05, 3.63) is 82.9 Å². The highest BCUT2D eigenvalue weighted by molar-refractivity contribution is 5.47. The number of H-pyrrole nitrogens is 1. The normalized spacial score (nSPS) is 16.1. The van der Waals surface area contributed by atoms with E-state index in [0.717, 1.165) is 38.2 Å². The minimum atomic E-state index is 0.275. The van der Waals surface area contributed by atoms with Gasteiger partial charge in [0.25, 0.3) is 0 Å². The van der Waals surface area contributed by atoms with Crippen LogP contribution in [0.5, 0.6) is 0 Å². The zero-order valence-electron chi connectivity index (χ0n) is 16.7. The fourth-order valence-electron chi connectivity index (χ4n) is 4.05. The standard InChI is InChI=1S/C24H29N3O/c1-17-4-3-5-22(18(17)2)23(24-15-25-16-26-24)14-19-6-8-20(9-7-19)27-21-10-12-28-13-11-21/h3-9,15-16,21,23,27H,10-14H2,1-2H3,(H,25,26). The molecule has 0 amide bonds. The van der Waals surface area contributed by atoms with Crippen LogP contribution >= 0.6 is 0 Å². The van der Waals surface area contributed by atoms with E-state index in [1.807, 2.05) is 6.20 Å². The van der Waals surface area contributed by atoms with Gasteiger partial charge in [-0.25, -0.2) is 4.98 Å². The van der Waals surface area contributed by atoms with Crippen molar-refractivity contribution < 1.29 is 4.74 Å². The lowest BCUT2D eigenvalue weighted by Crippen LogP contribution is -2.27. The molecule has 0 aliphatic carbocycles. The summed E-state index contributed by atoms with van der Waals surface area (Å²) in [6, 6.07) is 16.0. The van der Waals surface area contributed by atoms with Gasteiger partial charge in [0, 0.05) is 42.8 Å². The molecule has 3 aromatic rings. The average molecular weight is 376 g/mol. The summed E-state index contributed by atoms with van der Waals surface area (Å²) in [7, 11) is 0. The van der Waals surface area contributed by atoms with Crippen molar-refractivity contribution in [3.63, 3.8) is 0 Å². The quantitative estimate of drug-likeness (QED) is 0.638. The monoisotopic (exact) mass is 375 g/mol. The molecular formula is C24H29N3O. The second-order valence-corrected chi connectivity index (χ2v) is 7.78. The average Bonchev–Trinajstić information content (AvgIpc) is 3.25. The Kier molecular flexibility index (Phi) is 5.77. The second-order valence-electron chi connectivity index (χ2n) is 7.78. The molecule has 146 valence electrons. The Balaban J connectivity index is 1.53. The van der Waals surface area contributed by atoms with Gasteiger partial charge >= 0.3 is 0 Å². The molecule has 1 aliphatic rings. The van der Waals surface area contributed by atoms with E-state index in [9.17, 15) is 0 Å². The lowest BCUT2D eigenvalue weighted by atomic mass is 9.85. The molecule has 2 heterocycles. The molecule has 1 fully saturated rings. The van der Waals surface area contributed by atoms with Crippen LogP contribution in [0.2, 0.25) is 0 Å². The molecule has 2 aromatic carbocycles. The molecule has 1 aromatic heterocycles. The predicted octanol–water partition coefficient (Wildman–Crippen LogP) is 4.99. The molecule has 0 spiro atoms. The molecule has 4 rings (SSSR count). The number of benzene rings is 2. The SMILES string of the molecule is Cc1cccc(C(Cc2ccc(NC3CCOCC3)cc2)c2cnc[nH]2)c1C. The van der Waals surface area contributed by atoms with Crippen molar-refractivity contribution >= 4 is 5.69 Å². The van der Waals surface area contributed by atoms with Crippen LogP contribution in [0.25, 0.3) is 0 Å². The summed E-state index contributed by atoms with van der Waals surface area (Å²) in [6.07, 6.45) is 6.83. The molecular weight excluding hydrogens is 346 g/mol. The van der Waals surface area contributed by atoms with E-state index in [1.54, 1.807) is 6.33 Å². The Morgan fingerprint density at radius 1 is 1.11 bits per heavy atom. The number of aromatic amines is 1. The van der Waals surface area contributed by atoms with E-state index < -0.39 is 0 Å². The van der Waals surface area contributed by atoms with E-state index in [1.165, 1.54) is 27.9 Å². The number of nitrogens with zero attached hydrogens (tertiary/aromatic N) is 1. The Morgan fingerprint density at radius 2 is 1.89 bits per heavy atom. The van der Waals surface area contributed by atoms with Crippen LogP contribution in [0, 0.1) is 13.8 Å². The first-order chi connectivity index (χ1) is 13.7. The summed E-state index contributed by atoms with van der Waals surface area (Å²) >= 11 is 0. The first-order valence-electron chi connectivity index (χ1n) is 10.2. The van der Waals surface area contributed by atoms with Gasteiger partial charge in [-0.2, -0.15) is 0 Å². The van der Waals surface area contributed by atoms with E-state index in [0.29, 0.717) is 6.04 Å². The van der Waals surface area contributed by atoms with Gasteiger partial charge in [-0.1, -0.05) is 30.3 Å². The largest absolute Gasteiger partial charge is 0.382 e. The molecule has 28 heavy (non-hydrogen) atoms. The Hall–Kier alpha value is -2.59. The number of aromatic nitrogens is 2. The summed E-state index contributed by atoms with van der Waals surface area (Å²) < 4.78 is 5.45. The van der Waals surface area contributed by atoms with Crippen LogP contribution in [0.1, 0.15) is 46.7 Å². The number of aryl methyl sites for hydroxylation is 1. The lowest BCUT2D eigenvalue weighted by Gasteiger charge is -2.24. The Morgan fingerprint density at radius 3 is 2.61 bits per heavy atom. The number of hydrogen-bond acceptors (Lipinski definition) is 3. The zero-order valence-corrected chi connectivity index (χ0v) is 16.7. The predicted molar refractivity (Wildman–Crippen MR) is 114 cm³/mol. The van der Waals surface area contributed by atoms with Crippen LogP contribution in [0.15, 0.2) is 55.0 Å². The van der Waals surface area contributed by atoms with Crippen molar-refractivity contribution in [2.75, 3.05) is 18.5 Å².